The summed E-state index contributed by atoms with van der Waals surface area (Å²) in [6, 6.07) is 14.5. The first-order valence-electron chi connectivity index (χ1n) is 6.70. The van der Waals surface area contributed by atoms with Crippen LogP contribution in [0.15, 0.2) is 42.5 Å². The second kappa shape index (κ2) is 5.28. The predicted molar refractivity (Wildman–Crippen MR) is 80.9 cm³/mol. The van der Waals surface area contributed by atoms with Gasteiger partial charge < -0.3 is 5.11 Å². The molecular formula is C16H17ClOS. The molecule has 3 rings (SSSR count). The van der Waals surface area contributed by atoms with Crippen molar-refractivity contribution in [1.82, 2.24) is 0 Å². The standard InChI is InChI=1S/C16H17ClOS/c17-15-7-6-14(19-15)16(18)10-8-13(9-11-16)12-4-2-1-3-5-12/h1-7,13,18H,8-11H2. The SMILES string of the molecule is OC1(c2ccc(Cl)s2)CCC(c2ccccc2)CC1. The quantitative estimate of drug-likeness (QED) is 0.830. The molecule has 1 N–H and O–H groups in total. The molecule has 0 amide bonds. The monoisotopic (exact) mass is 292 g/mol. The molecule has 0 atom stereocenters. The maximum absolute atomic E-state index is 10.8. The van der Waals surface area contributed by atoms with Crippen LogP contribution in [-0.2, 0) is 5.60 Å². The molecular weight excluding hydrogens is 276 g/mol. The zero-order chi connectivity index (χ0) is 13.3. The van der Waals surface area contributed by atoms with Crippen LogP contribution in [0.3, 0.4) is 0 Å². The molecule has 100 valence electrons. The molecule has 1 heterocycles. The fourth-order valence-electron chi connectivity index (χ4n) is 2.96. The van der Waals surface area contributed by atoms with Crippen LogP contribution in [0.2, 0.25) is 4.34 Å². The molecule has 0 spiro atoms. The number of benzene rings is 1. The highest BCUT2D eigenvalue weighted by atomic mass is 35.5. The van der Waals surface area contributed by atoms with Crippen LogP contribution in [-0.4, -0.2) is 5.11 Å². The Hall–Kier alpha value is -0.830. The highest BCUT2D eigenvalue weighted by Gasteiger charge is 2.36. The van der Waals surface area contributed by atoms with Gasteiger partial charge in [0.15, 0.2) is 0 Å². The third-order valence-electron chi connectivity index (χ3n) is 4.12. The lowest BCUT2D eigenvalue weighted by Gasteiger charge is -2.35. The molecule has 0 radical (unpaired) electrons. The topological polar surface area (TPSA) is 20.2 Å². The third-order valence-corrected chi connectivity index (χ3v) is 5.54. The minimum Gasteiger partial charge on any atom is -0.384 e. The Morgan fingerprint density at radius 1 is 1.05 bits per heavy atom. The summed E-state index contributed by atoms with van der Waals surface area (Å²) < 4.78 is 0.758. The van der Waals surface area contributed by atoms with Gasteiger partial charge in [0.25, 0.3) is 0 Å². The molecule has 0 saturated heterocycles. The lowest BCUT2D eigenvalue weighted by Crippen LogP contribution is -2.29. The van der Waals surface area contributed by atoms with Gasteiger partial charge in [-0.15, -0.1) is 11.3 Å². The largest absolute Gasteiger partial charge is 0.384 e. The van der Waals surface area contributed by atoms with Crippen molar-refractivity contribution in [3.63, 3.8) is 0 Å². The van der Waals surface area contributed by atoms with E-state index in [1.54, 1.807) is 0 Å². The van der Waals surface area contributed by atoms with E-state index in [2.05, 4.69) is 30.3 Å². The van der Waals surface area contributed by atoms with Gasteiger partial charge in [-0.3, -0.25) is 0 Å². The normalized spacial score (nSPS) is 27.4. The third kappa shape index (κ3) is 2.71. The summed E-state index contributed by atoms with van der Waals surface area (Å²) >= 11 is 7.48. The second-order valence-corrected chi connectivity index (χ2v) is 7.04. The minimum absolute atomic E-state index is 0.580. The van der Waals surface area contributed by atoms with Crippen LogP contribution < -0.4 is 0 Å². The fraction of sp³-hybridized carbons (Fsp3) is 0.375. The highest BCUT2D eigenvalue weighted by Crippen LogP contribution is 2.45. The van der Waals surface area contributed by atoms with Crippen LogP contribution >= 0.6 is 22.9 Å². The van der Waals surface area contributed by atoms with Gasteiger partial charge in [-0.05, 0) is 49.3 Å². The summed E-state index contributed by atoms with van der Waals surface area (Å²) in [7, 11) is 0. The Balaban J connectivity index is 1.72. The molecule has 1 nitrogen and oxygen atoms in total. The number of halogens is 1. The highest BCUT2D eigenvalue weighted by molar-refractivity contribution is 7.16. The van der Waals surface area contributed by atoms with Crippen molar-refractivity contribution < 1.29 is 5.11 Å². The first-order valence-corrected chi connectivity index (χ1v) is 7.90. The first kappa shape index (κ1) is 13.2. The first-order chi connectivity index (χ1) is 9.17. The van der Waals surface area contributed by atoms with Gasteiger partial charge in [0.05, 0.1) is 9.94 Å². The Morgan fingerprint density at radius 3 is 2.32 bits per heavy atom. The smallest absolute Gasteiger partial charge is 0.0988 e. The summed E-state index contributed by atoms with van der Waals surface area (Å²) in [5.74, 6) is 0.580. The molecule has 0 aliphatic heterocycles. The molecule has 1 aromatic heterocycles. The number of hydrogen-bond donors (Lipinski definition) is 1. The van der Waals surface area contributed by atoms with Crippen LogP contribution in [0.4, 0.5) is 0 Å². The van der Waals surface area contributed by atoms with Crippen molar-refractivity contribution in [2.24, 2.45) is 0 Å². The fourth-order valence-corrected chi connectivity index (χ4v) is 4.15. The van der Waals surface area contributed by atoms with Gasteiger partial charge in [-0.25, -0.2) is 0 Å². The summed E-state index contributed by atoms with van der Waals surface area (Å²) in [5, 5.41) is 10.8. The van der Waals surface area contributed by atoms with Gasteiger partial charge in [0.1, 0.15) is 0 Å². The molecule has 0 bridgehead atoms. The van der Waals surface area contributed by atoms with Crippen LogP contribution in [0.1, 0.15) is 42.0 Å². The number of thiophene rings is 1. The van der Waals surface area contributed by atoms with E-state index in [0.29, 0.717) is 5.92 Å². The van der Waals surface area contributed by atoms with Crippen LogP contribution in [0.25, 0.3) is 0 Å². The molecule has 0 unspecified atom stereocenters. The van der Waals surface area contributed by atoms with E-state index in [1.165, 1.54) is 16.9 Å². The summed E-state index contributed by atoms with van der Waals surface area (Å²) in [6.07, 6.45) is 3.72. The van der Waals surface area contributed by atoms with E-state index in [4.69, 9.17) is 11.6 Å². The van der Waals surface area contributed by atoms with E-state index in [-0.39, 0.29) is 0 Å². The van der Waals surface area contributed by atoms with Crippen molar-refractivity contribution in [2.45, 2.75) is 37.2 Å². The molecule has 19 heavy (non-hydrogen) atoms. The van der Waals surface area contributed by atoms with Gasteiger partial charge in [-0.1, -0.05) is 41.9 Å². The second-order valence-electron chi connectivity index (χ2n) is 5.32. The summed E-state index contributed by atoms with van der Waals surface area (Å²) in [5.41, 5.74) is 0.733. The maximum Gasteiger partial charge on any atom is 0.0988 e. The zero-order valence-corrected chi connectivity index (χ0v) is 12.3. The molecule has 1 fully saturated rings. The Morgan fingerprint density at radius 2 is 1.74 bits per heavy atom. The van der Waals surface area contributed by atoms with Gasteiger partial charge >= 0.3 is 0 Å². The summed E-state index contributed by atoms with van der Waals surface area (Å²) in [6.45, 7) is 0. The van der Waals surface area contributed by atoms with Crippen LogP contribution in [0.5, 0.6) is 0 Å². The Labute approximate surface area is 122 Å². The van der Waals surface area contributed by atoms with Crippen molar-refractivity contribution in [1.29, 1.82) is 0 Å². The van der Waals surface area contributed by atoms with E-state index in [9.17, 15) is 5.11 Å². The number of aliphatic hydroxyl groups is 1. The average molecular weight is 293 g/mol. The molecule has 1 aromatic carbocycles. The lowest BCUT2D eigenvalue weighted by atomic mass is 9.75. The van der Waals surface area contributed by atoms with Crippen LogP contribution in [0, 0.1) is 0 Å². The van der Waals surface area contributed by atoms with Gasteiger partial charge in [0, 0.05) is 4.88 Å². The molecule has 1 saturated carbocycles. The molecule has 3 heteroatoms. The molecule has 1 aliphatic rings. The molecule has 1 aliphatic carbocycles. The number of rotatable bonds is 2. The predicted octanol–water partition coefficient (Wildman–Crippen LogP) is 4.95. The summed E-state index contributed by atoms with van der Waals surface area (Å²) in [4.78, 5) is 1.02. The maximum atomic E-state index is 10.8. The van der Waals surface area contributed by atoms with Crippen molar-refractivity contribution in [3.8, 4) is 0 Å². The molecule has 2 aromatic rings. The van der Waals surface area contributed by atoms with Crippen molar-refractivity contribution in [3.05, 3.63) is 57.2 Å². The van der Waals surface area contributed by atoms with E-state index in [1.807, 2.05) is 12.1 Å². The lowest BCUT2D eigenvalue weighted by molar-refractivity contribution is -0.00228. The zero-order valence-electron chi connectivity index (χ0n) is 10.7. The van der Waals surface area contributed by atoms with E-state index >= 15 is 0 Å². The van der Waals surface area contributed by atoms with E-state index < -0.39 is 5.60 Å². The van der Waals surface area contributed by atoms with Gasteiger partial charge in [0.2, 0.25) is 0 Å². The Bertz CT molecular complexity index is 541. The average Bonchev–Trinajstić information content (AvgIpc) is 2.88. The Kier molecular flexibility index (Phi) is 3.66. The van der Waals surface area contributed by atoms with Gasteiger partial charge in [-0.2, -0.15) is 0 Å². The minimum atomic E-state index is -0.664. The van der Waals surface area contributed by atoms with Crippen molar-refractivity contribution in [2.75, 3.05) is 0 Å². The van der Waals surface area contributed by atoms with Crippen molar-refractivity contribution >= 4 is 22.9 Å². The van der Waals surface area contributed by atoms with E-state index in [0.717, 1.165) is 34.9 Å². The number of hydrogen-bond acceptors (Lipinski definition) is 2.